The van der Waals surface area contributed by atoms with Crippen LogP contribution >= 0.6 is 0 Å². The Labute approximate surface area is 213 Å². The lowest BCUT2D eigenvalue weighted by Gasteiger charge is -2.31. The number of nitrogens with zero attached hydrogens (tertiary/aromatic N) is 4. The number of H-pyrrole nitrogens is 1. The molecular formula is C27H27FN6O3. The van der Waals surface area contributed by atoms with Gasteiger partial charge in [-0.1, -0.05) is 25.1 Å². The molecule has 37 heavy (non-hydrogen) atoms. The van der Waals surface area contributed by atoms with E-state index in [4.69, 9.17) is 5.10 Å². The molecule has 0 saturated carbocycles. The molecular weight excluding hydrogens is 475 g/mol. The third kappa shape index (κ3) is 5.14. The van der Waals surface area contributed by atoms with Crippen molar-refractivity contribution in [2.24, 2.45) is 0 Å². The van der Waals surface area contributed by atoms with Crippen molar-refractivity contribution in [2.45, 2.75) is 39.4 Å². The molecule has 2 N–H and O–H groups in total. The van der Waals surface area contributed by atoms with E-state index in [1.54, 1.807) is 4.68 Å². The van der Waals surface area contributed by atoms with Crippen LogP contribution in [0.2, 0.25) is 0 Å². The van der Waals surface area contributed by atoms with Gasteiger partial charge >= 0.3 is 5.69 Å². The van der Waals surface area contributed by atoms with Crippen LogP contribution < -0.4 is 5.32 Å². The predicted octanol–water partition coefficient (Wildman–Crippen LogP) is 4.99. The number of aromatic amines is 1. The zero-order valence-corrected chi connectivity index (χ0v) is 20.6. The maximum absolute atomic E-state index is 13.9. The zero-order chi connectivity index (χ0) is 26.1. The zero-order valence-electron chi connectivity index (χ0n) is 20.6. The Kier molecular flexibility index (Phi) is 6.58. The summed E-state index contributed by atoms with van der Waals surface area (Å²) < 4.78 is 15.6. The summed E-state index contributed by atoms with van der Waals surface area (Å²) >= 11 is 0. The number of benzene rings is 2. The second-order valence-electron chi connectivity index (χ2n) is 9.50. The second kappa shape index (κ2) is 9.98. The highest BCUT2D eigenvalue weighted by atomic mass is 19.1. The van der Waals surface area contributed by atoms with Crippen LogP contribution in [0.4, 0.5) is 15.8 Å². The lowest BCUT2D eigenvalue weighted by molar-refractivity contribution is -0.387. The van der Waals surface area contributed by atoms with Gasteiger partial charge in [-0.3, -0.25) is 24.5 Å². The molecule has 0 bridgehead atoms. The van der Waals surface area contributed by atoms with Crippen LogP contribution in [0.15, 0.2) is 60.8 Å². The molecule has 0 radical (unpaired) electrons. The van der Waals surface area contributed by atoms with Gasteiger partial charge in [0.2, 0.25) is 5.82 Å². The van der Waals surface area contributed by atoms with E-state index in [1.165, 1.54) is 12.1 Å². The molecule has 0 spiro atoms. The Hall–Kier alpha value is -4.31. The van der Waals surface area contributed by atoms with Crippen molar-refractivity contribution in [3.05, 3.63) is 110 Å². The Bertz CT molecular complexity index is 1460. The molecule has 2 aromatic heterocycles. The highest BCUT2D eigenvalue weighted by molar-refractivity contribution is 6.04. The summed E-state index contributed by atoms with van der Waals surface area (Å²) in [5.74, 6) is -1.16. The van der Waals surface area contributed by atoms with Crippen LogP contribution in [0.5, 0.6) is 0 Å². The molecule has 1 aliphatic heterocycles. The van der Waals surface area contributed by atoms with Gasteiger partial charge in [-0.15, -0.1) is 0 Å². The second-order valence-corrected chi connectivity index (χ2v) is 9.50. The van der Waals surface area contributed by atoms with Gasteiger partial charge in [0.05, 0.1) is 11.5 Å². The van der Waals surface area contributed by atoms with E-state index in [1.807, 2.05) is 49.5 Å². The van der Waals surface area contributed by atoms with Crippen molar-refractivity contribution in [2.75, 3.05) is 11.9 Å². The molecule has 1 amide bonds. The minimum Gasteiger partial charge on any atom is -0.364 e. The third-order valence-electron chi connectivity index (χ3n) is 6.56. The summed E-state index contributed by atoms with van der Waals surface area (Å²) in [7, 11) is 0. The van der Waals surface area contributed by atoms with Crippen molar-refractivity contribution in [1.29, 1.82) is 0 Å². The number of aromatic nitrogens is 3. The van der Waals surface area contributed by atoms with Crippen LogP contribution in [0, 0.1) is 22.9 Å². The predicted molar refractivity (Wildman–Crippen MR) is 137 cm³/mol. The fourth-order valence-electron chi connectivity index (χ4n) is 4.99. The van der Waals surface area contributed by atoms with Crippen molar-refractivity contribution in [3.63, 3.8) is 0 Å². The van der Waals surface area contributed by atoms with Crippen molar-refractivity contribution in [1.82, 2.24) is 19.7 Å². The summed E-state index contributed by atoms with van der Waals surface area (Å²) in [6, 6.07) is 15.3. The summed E-state index contributed by atoms with van der Waals surface area (Å²) in [6.45, 7) is 6.19. The number of carbonyl (C=O) groups excluding carboxylic acids is 1. The van der Waals surface area contributed by atoms with E-state index in [9.17, 15) is 19.3 Å². The van der Waals surface area contributed by atoms with E-state index in [0.717, 1.165) is 35.1 Å². The number of amides is 1. The van der Waals surface area contributed by atoms with Crippen molar-refractivity contribution in [3.8, 4) is 0 Å². The number of hydrogen-bond donors (Lipinski definition) is 2. The first-order chi connectivity index (χ1) is 17.8. The number of fused-ring (bicyclic) bond motifs is 1. The average Bonchev–Trinajstić information content (AvgIpc) is 3.48. The summed E-state index contributed by atoms with van der Waals surface area (Å²) in [5.41, 5.74) is 4.77. The number of carbonyl (C=O) groups is 1. The van der Waals surface area contributed by atoms with Gasteiger partial charge in [0, 0.05) is 60.5 Å². The summed E-state index contributed by atoms with van der Waals surface area (Å²) in [5, 5.41) is 18.9. The topological polar surface area (TPSA) is 109 Å². The van der Waals surface area contributed by atoms with Crippen LogP contribution in [0.25, 0.3) is 0 Å². The van der Waals surface area contributed by atoms with E-state index < -0.39 is 16.4 Å². The Morgan fingerprint density at radius 2 is 2.05 bits per heavy atom. The van der Waals surface area contributed by atoms with E-state index in [0.29, 0.717) is 30.0 Å². The number of rotatable bonds is 7. The molecule has 1 atom stereocenters. The Morgan fingerprint density at radius 3 is 2.78 bits per heavy atom. The third-order valence-corrected chi connectivity index (χ3v) is 6.56. The minimum atomic E-state index is -0.886. The number of nitro benzene ring substituents is 1. The molecule has 190 valence electrons. The lowest BCUT2D eigenvalue weighted by atomic mass is 9.95. The van der Waals surface area contributed by atoms with Crippen LogP contribution in [0.3, 0.4) is 0 Å². The largest absolute Gasteiger partial charge is 0.364 e. The van der Waals surface area contributed by atoms with Crippen LogP contribution in [-0.2, 0) is 19.6 Å². The fraction of sp³-hybridized carbons (Fsp3) is 0.259. The molecule has 10 heteroatoms. The maximum atomic E-state index is 13.9. The van der Waals surface area contributed by atoms with Gasteiger partial charge in [0.1, 0.15) is 0 Å². The number of nitro groups is 1. The fourth-order valence-corrected chi connectivity index (χ4v) is 4.99. The quantitative estimate of drug-likeness (QED) is 0.273. The first-order valence-corrected chi connectivity index (χ1v) is 12.0. The standard InChI is InChI=1S/C27H27FN6O3/c1-17-5-3-6-20(11-17)30-27(35)25-22-16-32(15-21-7-4-10-29-21)13-18(2)26(22)33(31-25)14-19-8-9-23(28)24(12-19)34(36)37/h3-12,18,29H,13-16H2,1-2H3,(H,30,35). The average molecular weight is 503 g/mol. The molecule has 0 saturated heterocycles. The first kappa shape index (κ1) is 24.4. The number of nitrogens with one attached hydrogen (secondary N) is 2. The molecule has 4 aromatic rings. The van der Waals surface area contributed by atoms with Crippen LogP contribution in [-0.4, -0.2) is 37.0 Å². The maximum Gasteiger partial charge on any atom is 0.305 e. The van der Waals surface area contributed by atoms with Gasteiger partial charge in [-0.05, 0) is 48.4 Å². The highest BCUT2D eigenvalue weighted by Crippen LogP contribution is 2.32. The Morgan fingerprint density at radius 1 is 1.22 bits per heavy atom. The normalized spacial score (nSPS) is 15.4. The molecule has 1 aliphatic rings. The molecule has 9 nitrogen and oxygen atoms in total. The van der Waals surface area contributed by atoms with Gasteiger partial charge < -0.3 is 10.3 Å². The first-order valence-electron chi connectivity index (χ1n) is 12.0. The molecule has 0 fully saturated rings. The molecule has 5 rings (SSSR count). The highest BCUT2D eigenvalue weighted by Gasteiger charge is 2.32. The SMILES string of the molecule is Cc1cccc(NC(=O)c2nn(Cc3ccc(F)c([N+](=O)[O-])c3)c3c2CN(Cc2ccc[nH]2)CC3C)c1. The number of anilines is 1. The number of aryl methyl sites for hydroxylation is 1. The van der Waals surface area contributed by atoms with Gasteiger partial charge in [0.15, 0.2) is 5.69 Å². The van der Waals surface area contributed by atoms with Crippen LogP contribution in [0.1, 0.15) is 51.4 Å². The van der Waals surface area contributed by atoms with E-state index in [-0.39, 0.29) is 18.4 Å². The van der Waals surface area contributed by atoms with Crippen molar-refractivity contribution >= 4 is 17.3 Å². The monoisotopic (exact) mass is 502 g/mol. The summed E-state index contributed by atoms with van der Waals surface area (Å²) in [6.07, 6.45) is 1.88. The van der Waals surface area contributed by atoms with E-state index in [2.05, 4.69) is 22.1 Å². The molecule has 3 heterocycles. The number of hydrogen-bond acceptors (Lipinski definition) is 5. The minimum absolute atomic E-state index is 0.0437. The molecule has 2 aromatic carbocycles. The van der Waals surface area contributed by atoms with Gasteiger partial charge in [0.25, 0.3) is 5.91 Å². The molecule has 0 aliphatic carbocycles. The van der Waals surface area contributed by atoms with Crippen molar-refractivity contribution < 1.29 is 14.1 Å². The van der Waals surface area contributed by atoms with E-state index >= 15 is 0 Å². The van der Waals surface area contributed by atoms with Gasteiger partial charge in [-0.25, -0.2) is 0 Å². The van der Waals surface area contributed by atoms with Gasteiger partial charge in [-0.2, -0.15) is 9.49 Å². The Balaban J connectivity index is 1.51. The smallest absolute Gasteiger partial charge is 0.305 e. The lowest BCUT2D eigenvalue weighted by Crippen LogP contribution is -2.34. The summed E-state index contributed by atoms with van der Waals surface area (Å²) in [4.78, 5) is 29.4. The number of halogens is 1. The molecule has 1 unspecified atom stereocenters.